The predicted molar refractivity (Wildman–Crippen MR) is 73.0 cm³/mol. The van der Waals surface area contributed by atoms with Gasteiger partial charge in [0, 0.05) is 29.4 Å². The van der Waals surface area contributed by atoms with Gasteiger partial charge in [0.05, 0.1) is 0 Å². The van der Waals surface area contributed by atoms with Crippen LogP contribution in [0.2, 0.25) is 0 Å². The molecule has 2 aliphatic heterocycles. The van der Waals surface area contributed by atoms with Crippen molar-refractivity contribution in [2.45, 2.75) is 42.6 Å². The van der Waals surface area contributed by atoms with Crippen LogP contribution in [0.4, 0.5) is 0 Å². The van der Waals surface area contributed by atoms with Crippen molar-refractivity contribution in [1.29, 1.82) is 0 Å². The molecule has 2 unspecified atom stereocenters. The number of aromatic nitrogens is 3. The Balaban J connectivity index is 1.45. The van der Waals surface area contributed by atoms with Crippen molar-refractivity contribution < 1.29 is 4.79 Å². The maximum atomic E-state index is 12.1. The van der Waals surface area contributed by atoms with Gasteiger partial charge in [-0.15, -0.1) is 0 Å². The molecule has 7 heteroatoms. The van der Waals surface area contributed by atoms with Crippen LogP contribution in [0.3, 0.4) is 0 Å². The molecule has 2 aliphatic rings. The minimum absolute atomic E-state index is 0.162. The van der Waals surface area contributed by atoms with Gasteiger partial charge < -0.3 is 5.32 Å². The molecule has 3 heterocycles. The number of carbonyl (C=O) groups excluding carboxylic acids is 1. The number of aromatic amines is 2. The number of hydrogen-bond donors (Lipinski definition) is 3. The first kappa shape index (κ1) is 12.8. The molecule has 2 atom stereocenters. The number of fused-ring (bicyclic) bond motifs is 2. The van der Waals surface area contributed by atoms with E-state index in [2.05, 4.69) is 32.3 Å². The van der Waals surface area contributed by atoms with Crippen LogP contribution >= 0.6 is 11.8 Å². The monoisotopic (exact) mass is 282 g/mol. The van der Waals surface area contributed by atoms with Crippen molar-refractivity contribution in [3.05, 3.63) is 16.3 Å². The maximum absolute atomic E-state index is 12.1. The Kier molecular flexibility index (Phi) is 3.63. The number of nitrogens with zero attached hydrogens (tertiary/aromatic N) is 1. The number of nitrogens with one attached hydrogen (secondary N) is 3. The summed E-state index contributed by atoms with van der Waals surface area (Å²) in [6.45, 7) is 0.526. The van der Waals surface area contributed by atoms with E-state index >= 15 is 0 Å². The minimum atomic E-state index is -0.304. The third-order valence-electron chi connectivity index (χ3n) is 3.87. The fraction of sp³-hybridized carbons (Fsp3) is 0.750. The average Bonchev–Trinajstić information content (AvgIpc) is 2.95. The number of thioether (sulfide) groups is 1. The Bertz CT molecular complexity index is 500. The maximum Gasteiger partial charge on any atom is 0.340 e. The van der Waals surface area contributed by atoms with Gasteiger partial charge in [-0.2, -0.15) is 16.9 Å². The summed E-state index contributed by atoms with van der Waals surface area (Å²) in [6.07, 6.45) is 5.14. The molecule has 1 aromatic heterocycles. The van der Waals surface area contributed by atoms with Crippen LogP contribution in [0.15, 0.2) is 4.79 Å². The van der Waals surface area contributed by atoms with Crippen LogP contribution in [-0.4, -0.2) is 38.1 Å². The first-order valence-corrected chi connectivity index (χ1v) is 7.71. The lowest BCUT2D eigenvalue weighted by Gasteiger charge is -2.26. The lowest BCUT2D eigenvalue weighted by Crippen LogP contribution is -2.36. The van der Waals surface area contributed by atoms with Crippen molar-refractivity contribution in [3.63, 3.8) is 0 Å². The molecule has 2 saturated heterocycles. The fourth-order valence-electron chi connectivity index (χ4n) is 2.94. The predicted octanol–water partition coefficient (Wildman–Crippen LogP) is 0.431. The summed E-state index contributed by atoms with van der Waals surface area (Å²) < 4.78 is 0. The van der Waals surface area contributed by atoms with E-state index in [4.69, 9.17) is 0 Å². The molecule has 3 rings (SSSR count). The summed E-state index contributed by atoms with van der Waals surface area (Å²) in [5.74, 6) is 0.927. The number of rotatable bonds is 4. The first-order chi connectivity index (χ1) is 9.20. The van der Waals surface area contributed by atoms with Gasteiger partial charge in [-0.05, 0) is 25.7 Å². The minimum Gasteiger partial charge on any atom is -0.355 e. The topological polar surface area (TPSA) is 90.6 Å². The molecular weight excluding hydrogens is 264 g/mol. The second-order valence-electron chi connectivity index (χ2n) is 5.29. The number of H-pyrrole nitrogens is 2. The molecule has 104 valence electrons. The molecule has 0 spiro atoms. The SMILES string of the molecule is O=C(NCCc1n[nH]c(=O)[nH]1)C1CC2CCC(C1)S2. The van der Waals surface area contributed by atoms with Crippen molar-refractivity contribution in [1.82, 2.24) is 20.5 Å². The molecule has 3 N–H and O–H groups in total. The largest absolute Gasteiger partial charge is 0.355 e. The summed E-state index contributed by atoms with van der Waals surface area (Å²) in [4.78, 5) is 25.5. The van der Waals surface area contributed by atoms with Gasteiger partial charge in [0.15, 0.2) is 0 Å². The zero-order valence-corrected chi connectivity index (χ0v) is 11.5. The van der Waals surface area contributed by atoms with Crippen molar-refractivity contribution in [3.8, 4) is 0 Å². The van der Waals surface area contributed by atoms with Crippen LogP contribution in [0.25, 0.3) is 0 Å². The summed E-state index contributed by atoms with van der Waals surface area (Å²) in [5.41, 5.74) is -0.304. The summed E-state index contributed by atoms with van der Waals surface area (Å²) in [7, 11) is 0. The second kappa shape index (κ2) is 5.40. The van der Waals surface area contributed by atoms with E-state index in [9.17, 15) is 9.59 Å². The molecule has 19 heavy (non-hydrogen) atoms. The Labute approximate surface area is 115 Å². The summed E-state index contributed by atoms with van der Waals surface area (Å²) >= 11 is 2.06. The summed E-state index contributed by atoms with van der Waals surface area (Å²) in [6, 6.07) is 0. The van der Waals surface area contributed by atoms with Crippen molar-refractivity contribution >= 4 is 17.7 Å². The van der Waals surface area contributed by atoms with Gasteiger partial charge in [0.25, 0.3) is 0 Å². The van der Waals surface area contributed by atoms with Crippen LogP contribution in [0, 0.1) is 5.92 Å². The molecular formula is C12H18N4O2S. The lowest BCUT2D eigenvalue weighted by molar-refractivity contribution is -0.125. The average molecular weight is 282 g/mol. The van der Waals surface area contributed by atoms with E-state index in [1.807, 2.05) is 0 Å². The molecule has 2 fully saturated rings. The van der Waals surface area contributed by atoms with Crippen LogP contribution in [-0.2, 0) is 11.2 Å². The second-order valence-corrected chi connectivity index (χ2v) is 6.90. The van der Waals surface area contributed by atoms with E-state index in [1.165, 1.54) is 12.8 Å². The van der Waals surface area contributed by atoms with Gasteiger partial charge >= 0.3 is 5.69 Å². The molecule has 0 radical (unpaired) electrons. The standard InChI is InChI=1S/C12H18N4O2S/c17-11(7-5-8-1-2-9(6-7)19-8)13-4-3-10-14-12(18)16-15-10/h7-9H,1-6H2,(H,13,17)(H2,14,15,16,18). The van der Waals surface area contributed by atoms with E-state index in [-0.39, 0.29) is 17.5 Å². The highest BCUT2D eigenvalue weighted by molar-refractivity contribution is 8.00. The van der Waals surface area contributed by atoms with Crippen molar-refractivity contribution in [2.75, 3.05) is 6.54 Å². The lowest BCUT2D eigenvalue weighted by atomic mass is 9.98. The third-order valence-corrected chi connectivity index (χ3v) is 5.50. The highest BCUT2D eigenvalue weighted by Gasteiger charge is 2.37. The molecule has 1 aromatic rings. The molecule has 2 bridgehead atoms. The fourth-order valence-corrected chi connectivity index (χ4v) is 4.72. The van der Waals surface area contributed by atoms with Gasteiger partial charge in [0.1, 0.15) is 5.82 Å². The van der Waals surface area contributed by atoms with Crippen LogP contribution in [0.5, 0.6) is 0 Å². The van der Waals surface area contributed by atoms with E-state index < -0.39 is 0 Å². The molecule has 0 saturated carbocycles. The summed E-state index contributed by atoms with van der Waals surface area (Å²) in [5, 5.41) is 10.5. The Morgan fingerprint density at radius 1 is 1.37 bits per heavy atom. The third kappa shape index (κ3) is 3.02. The van der Waals surface area contributed by atoms with Gasteiger partial charge in [0.2, 0.25) is 5.91 Å². The van der Waals surface area contributed by atoms with Crippen LogP contribution < -0.4 is 11.0 Å². The first-order valence-electron chi connectivity index (χ1n) is 6.77. The van der Waals surface area contributed by atoms with E-state index in [0.717, 1.165) is 12.8 Å². The van der Waals surface area contributed by atoms with Gasteiger partial charge in [-0.3, -0.25) is 9.78 Å². The smallest absolute Gasteiger partial charge is 0.340 e. The molecule has 0 aromatic carbocycles. The zero-order chi connectivity index (χ0) is 13.2. The van der Waals surface area contributed by atoms with E-state index in [1.54, 1.807) is 0 Å². The van der Waals surface area contributed by atoms with Crippen molar-refractivity contribution in [2.24, 2.45) is 5.92 Å². The normalized spacial score (nSPS) is 29.4. The van der Waals surface area contributed by atoms with Gasteiger partial charge in [-0.25, -0.2) is 9.89 Å². The zero-order valence-electron chi connectivity index (χ0n) is 10.6. The Morgan fingerprint density at radius 3 is 2.74 bits per heavy atom. The highest BCUT2D eigenvalue weighted by atomic mass is 32.2. The van der Waals surface area contributed by atoms with Gasteiger partial charge in [-0.1, -0.05) is 0 Å². The van der Waals surface area contributed by atoms with Crippen LogP contribution in [0.1, 0.15) is 31.5 Å². The number of carbonyl (C=O) groups is 1. The van der Waals surface area contributed by atoms with E-state index in [0.29, 0.717) is 29.3 Å². The molecule has 0 aliphatic carbocycles. The number of hydrogen-bond acceptors (Lipinski definition) is 4. The molecule has 6 nitrogen and oxygen atoms in total. The Morgan fingerprint density at radius 2 is 2.11 bits per heavy atom. The highest BCUT2D eigenvalue weighted by Crippen LogP contribution is 2.45. The number of amides is 1. The Hall–Kier alpha value is -1.24. The quantitative estimate of drug-likeness (QED) is 0.747. The molecule has 1 amide bonds.